The summed E-state index contributed by atoms with van der Waals surface area (Å²) < 4.78 is 9.21. The summed E-state index contributed by atoms with van der Waals surface area (Å²) in [6.07, 6.45) is 0.0418. The number of nitrogens with one attached hydrogen (secondary N) is 1. The van der Waals surface area contributed by atoms with Crippen molar-refractivity contribution in [2.75, 3.05) is 33.6 Å². The normalized spacial score (nSPS) is 10.2. The third kappa shape index (κ3) is 5.14. The van der Waals surface area contributed by atoms with Crippen LogP contribution >= 0.6 is 11.6 Å². The second kappa shape index (κ2) is 8.38. The van der Waals surface area contributed by atoms with E-state index in [1.807, 2.05) is 0 Å². The molecule has 1 aromatic rings. The third-order valence-electron chi connectivity index (χ3n) is 3.11. The molecule has 0 aliphatic heterocycles. The van der Waals surface area contributed by atoms with Crippen LogP contribution in [0.25, 0.3) is 0 Å². The second-order valence-corrected chi connectivity index (χ2v) is 5.34. The van der Waals surface area contributed by atoms with Gasteiger partial charge in [-0.05, 0) is 24.1 Å². The van der Waals surface area contributed by atoms with Crippen LogP contribution in [0.3, 0.4) is 0 Å². The Morgan fingerprint density at radius 2 is 1.74 bits per heavy atom. The molecule has 23 heavy (non-hydrogen) atoms. The van der Waals surface area contributed by atoms with Crippen molar-refractivity contribution in [1.82, 2.24) is 4.90 Å². The first kappa shape index (κ1) is 18.8. The third-order valence-corrected chi connectivity index (χ3v) is 3.46. The van der Waals surface area contributed by atoms with Crippen molar-refractivity contribution in [3.63, 3.8) is 0 Å². The van der Waals surface area contributed by atoms with Gasteiger partial charge in [-0.15, -0.1) is 0 Å². The van der Waals surface area contributed by atoms with E-state index in [4.69, 9.17) is 11.6 Å². The van der Waals surface area contributed by atoms with Gasteiger partial charge in [0.15, 0.2) is 5.92 Å². The lowest BCUT2D eigenvalue weighted by atomic mass is 9.99. The van der Waals surface area contributed by atoms with Crippen LogP contribution in [0.4, 0.5) is 10.5 Å². The number of carbonyl (C=O) groups is 3. The molecule has 0 bridgehead atoms. The number of methoxy groups -OCH3 is 2. The smallest absolute Gasteiger partial charge is 0.321 e. The summed E-state index contributed by atoms with van der Waals surface area (Å²) in [6, 6.07) is 4.51. The fraction of sp³-hybridized carbons (Fsp3) is 0.400. The number of carbonyl (C=O) groups excluding carboxylic acids is 3. The van der Waals surface area contributed by atoms with Gasteiger partial charge >= 0.3 is 18.0 Å². The topological polar surface area (TPSA) is 84.9 Å². The molecule has 8 heteroatoms. The molecule has 0 aromatic heterocycles. The fourth-order valence-corrected chi connectivity index (χ4v) is 2.05. The summed E-state index contributed by atoms with van der Waals surface area (Å²) in [5.41, 5.74) is 1.07. The highest BCUT2D eigenvalue weighted by Crippen LogP contribution is 2.24. The number of ether oxygens (including phenoxy) is 2. The summed E-state index contributed by atoms with van der Waals surface area (Å²) in [6.45, 7) is 0. The zero-order valence-electron chi connectivity index (χ0n) is 13.4. The largest absolute Gasteiger partial charge is 0.468 e. The van der Waals surface area contributed by atoms with Gasteiger partial charge in [-0.2, -0.15) is 0 Å². The maximum atomic E-state index is 11.7. The molecule has 7 nitrogen and oxygen atoms in total. The van der Waals surface area contributed by atoms with E-state index >= 15 is 0 Å². The van der Waals surface area contributed by atoms with Crippen LogP contribution in [0.2, 0.25) is 5.02 Å². The van der Waals surface area contributed by atoms with Crippen molar-refractivity contribution in [2.45, 2.75) is 6.42 Å². The van der Waals surface area contributed by atoms with Gasteiger partial charge in [-0.1, -0.05) is 17.7 Å². The molecule has 126 valence electrons. The zero-order chi connectivity index (χ0) is 17.6. The highest BCUT2D eigenvalue weighted by atomic mass is 35.5. The maximum absolute atomic E-state index is 11.7. The Labute approximate surface area is 139 Å². The summed E-state index contributed by atoms with van der Waals surface area (Å²) in [4.78, 5) is 36.3. The molecule has 0 saturated carbocycles. The summed E-state index contributed by atoms with van der Waals surface area (Å²) in [7, 11) is 5.62. The van der Waals surface area contributed by atoms with Gasteiger partial charge in [0.25, 0.3) is 0 Å². The molecule has 1 aromatic carbocycles. The minimum Gasteiger partial charge on any atom is -0.468 e. The molecule has 0 radical (unpaired) electrons. The van der Waals surface area contributed by atoms with E-state index in [9.17, 15) is 14.4 Å². The van der Waals surface area contributed by atoms with E-state index in [0.29, 0.717) is 16.3 Å². The first-order valence-electron chi connectivity index (χ1n) is 6.72. The molecule has 0 aliphatic rings. The van der Waals surface area contributed by atoms with Crippen molar-refractivity contribution < 1.29 is 23.9 Å². The second-order valence-electron chi connectivity index (χ2n) is 4.93. The highest BCUT2D eigenvalue weighted by Gasteiger charge is 2.29. The molecule has 0 spiro atoms. The first-order chi connectivity index (χ1) is 10.8. The monoisotopic (exact) mass is 342 g/mol. The predicted octanol–water partition coefficient (Wildman–Crippen LogP) is 1.94. The van der Waals surface area contributed by atoms with Crippen molar-refractivity contribution in [2.24, 2.45) is 5.92 Å². The average Bonchev–Trinajstić information content (AvgIpc) is 2.52. The molecular weight excluding hydrogens is 324 g/mol. The van der Waals surface area contributed by atoms with Crippen molar-refractivity contribution >= 4 is 35.3 Å². The van der Waals surface area contributed by atoms with Crippen LogP contribution < -0.4 is 5.32 Å². The van der Waals surface area contributed by atoms with Crippen molar-refractivity contribution in [3.05, 3.63) is 28.8 Å². The fourth-order valence-electron chi connectivity index (χ4n) is 1.79. The van der Waals surface area contributed by atoms with Gasteiger partial charge in [0.2, 0.25) is 0 Å². The van der Waals surface area contributed by atoms with E-state index in [0.717, 1.165) is 0 Å². The predicted molar refractivity (Wildman–Crippen MR) is 85.4 cm³/mol. The quantitative estimate of drug-likeness (QED) is 0.653. The van der Waals surface area contributed by atoms with E-state index in [2.05, 4.69) is 14.8 Å². The number of nitrogens with zero attached hydrogens (tertiary/aromatic N) is 1. The number of rotatable bonds is 5. The van der Waals surface area contributed by atoms with E-state index in [-0.39, 0.29) is 12.5 Å². The Bertz CT molecular complexity index is 588. The van der Waals surface area contributed by atoms with Crippen LogP contribution in [0.1, 0.15) is 5.56 Å². The summed E-state index contributed by atoms with van der Waals surface area (Å²) >= 11 is 6.16. The van der Waals surface area contributed by atoms with Gasteiger partial charge in [0, 0.05) is 24.8 Å². The number of benzene rings is 1. The highest BCUT2D eigenvalue weighted by molar-refractivity contribution is 6.31. The summed E-state index contributed by atoms with van der Waals surface area (Å²) in [5.74, 6) is -2.49. The molecule has 0 unspecified atom stereocenters. The standard InChI is InChI=1S/C15H19ClN2O5/c1-18(2)15(21)17-10-6-5-9(12(16)8-10)7-11(13(19)22-3)14(20)23-4/h5-6,8,11H,7H2,1-4H3,(H,17,21). The van der Waals surface area contributed by atoms with E-state index in [1.54, 1.807) is 32.3 Å². The van der Waals surface area contributed by atoms with Gasteiger partial charge in [-0.25, -0.2) is 4.79 Å². The lowest BCUT2D eigenvalue weighted by Crippen LogP contribution is -2.28. The number of anilines is 1. The number of esters is 2. The molecular formula is C15H19ClN2O5. The molecule has 0 saturated heterocycles. The lowest BCUT2D eigenvalue weighted by molar-refractivity contribution is -0.158. The van der Waals surface area contributed by atoms with Crippen molar-refractivity contribution in [1.29, 1.82) is 0 Å². The Balaban J connectivity index is 2.94. The molecule has 2 amide bonds. The zero-order valence-corrected chi connectivity index (χ0v) is 14.1. The number of amides is 2. The minimum absolute atomic E-state index is 0.0418. The Morgan fingerprint density at radius 3 is 2.17 bits per heavy atom. The van der Waals surface area contributed by atoms with Gasteiger partial charge in [-0.3, -0.25) is 9.59 Å². The number of halogens is 1. The van der Waals surface area contributed by atoms with Crippen LogP contribution in [-0.4, -0.2) is 51.2 Å². The lowest BCUT2D eigenvalue weighted by Gasteiger charge is -2.15. The Kier molecular flexibility index (Phi) is 6.84. The number of hydrogen-bond acceptors (Lipinski definition) is 5. The first-order valence-corrected chi connectivity index (χ1v) is 7.10. The van der Waals surface area contributed by atoms with Gasteiger partial charge in [0.05, 0.1) is 14.2 Å². The number of hydrogen-bond donors (Lipinski definition) is 1. The van der Waals surface area contributed by atoms with E-state index < -0.39 is 17.9 Å². The van der Waals surface area contributed by atoms with Crippen LogP contribution in [0, 0.1) is 5.92 Å². The van der Waals surface area contributed by atoms with Gasteiger partial charge < -0.3 is 19.7 Å². The SMILES string of the molecule is COC(=O)C(Cc1ccc(NC(=O)N(C)C)cc1Cl)C(=O)OC. The van der Waals surface area contributed by atoms with Crippen LogP contribution in [0.5, 0.6) is 0 Å². The molecule has 1 N–H and O–H groups in total. The maximum Gasteiger partial charge on any atom is 0.321 e. The van der Waals surface area contributed by atoms with Gasteiger partial charge in [0.1, 0.15) is 0 Å². The average molecular weight is 343 g/mol. The molecule has 0 aliphatic carbocycles. The Hall–Kier alpha value is -2.28. The molecule has 0 atom stereocenters. The van der Waals surface area contributed by atoms with E-state index in [1.165, 1.54) is 19.1 Å². The molecule has 0 fully saturated rings. The molecule has 1 rings (SSSR count). The summed E-state index contributed by atoms with van der Waals surface area (Å²) in [5, 5.41) is 2.97. The number of urea groups is 1. The van der Waals surface area contributed by atoms with Crippen LogP contribution in [-0.2, 0) is 25.5 Å². The van der Waals surface area contributed by atoms with Crippen molar-refractivity contribution in [3.8, 4) is 0 Å². The Morgan fingerprint density at radius 1 is 1.17 bits per heavy atom. The molecule has 0 heterocycles. The van der Waals surface area contributed by atoms with Crippen LogP contribution in [0.15, 0.2) is 18.2 Å². The minimum atomic E-state index is -1.09.